The molecule has 0 aliphatic heterocycles. The molecule has 11 heteroatoms. The largest absolute Gasteiger partial charge is 0.506 e. The maximum atomic E-state index is 11.3. The summed E-state index contributed by atoms with van der Waals surface area (Å²) in [7, 11) is -4.36. The highest BCUT2D eigenvalue weighted by molar-refractivity contribution is 7.94. The van der Waals surface area contributed by atoms with E-state index in [-0.39, 0.29) is 16.3 Å². The fourth-order valence-electron chi connectivity index (χ4n) is 2.68. The van der Waals surface area contributed by atoms with Gasteiger partial charge < -0.3 is 5.11 Å². The monoisotopic (exact) mass is 448 g/mol. The van der Waals surface area contributed by atoms with Crippen molar-refractivity contribution in [1.82, 2.24) is 0 Å². The molecular weight excluding hydrogens is 432 g/mol. The highest BCUT2D eigenvalue weighted by Gasteiger charge is 2.13. The van der Waals surface area contributed by atoms with Gasteiger partial charge in [0.2, 0.25) is 0 Å². The smallest absolute Gasteiger partial charge is 0.294 e. The fourth-order valence-corrected chi connectivity index (χ4v) is 3.70. The summed E-state index contributed by atoms with van der Waals surface area (Å²) in [5.74, 6) is -0.150. The number of nitrogens with zero attached hydrogens (tertiary/aromatic N) is 2. The summed E-state index contributed by atoms with van der Waals surface area (Å²) in [5.41, 5.74) is 1.36. The summed E-state index contributed by atoms with van der Waals surface area (Å²) >= 11 is 0.777. The van der Waals surface area contributed by atoms with Gasteiger partial charge in [0.1, 0.15) is 11.4 Å². The molecule has 3 aromatic rings. The van der Waals surface area contributed by atoms with E-state index in [9.17, 15) is 18.1 Å². The minimum Gasteiger partial charge on any atom is -0.506 e. The van der Waals surface area contributed by atoms with E-state index in [1.807, 2.05) is 19.1 Å². The lowest BCUT2D eigenvalue weighted by molar-refractivity contribution is -0.432. The predicted molar refractivity (Wildman–Crippen MR) is 111 cm³/mol. The first-order valence-electron chi connectivity index (χ1n) is 8.40. The number of allylic oxidation sites excluding steroid dienone is 1. The van der Waals surface area contributed by atoms with Gasteiger partial charge in [-0.05, 0) is 48.2 Å². The lowest BCUT2D eigenvalue weighted by Gasteiger charge is -2.06. The average Bonchev–Trinajstić information content (AvgIpc) is 2.72. The van der Waals surface area contributed by atoms with Crippen LogP contribution in [0.25, 0.3) is 16.8 Å². The number of fused-ring (bicyclic) bond motifs is 1. The average molecular weight is 448 g/mol. The molecule has 0 bridgehead atoms. The third-order valence-electron chi connectivity index (χ3n) is 4.00. The Bertz CT molecular complexity index is 1240. The van der Waals surface area contributed by atoms with Crippen LogP contribution in [0.2, 0.25) is 0 Å². The van der Waals surface area contributed by atoms with Crippen molar-refractivity contribution in [1.29, 1.82) is 0 Å². The van der Waals surface area contributed by atoms with Crippen LogP contribution < -0.4 is 0 Å². The van der Waals surface area contributed by atoms with Gasteiger partial charge in [-0.25, -0.2) is 5.26 Å². The van der Waals surface area contributed by atoms with Crippen LogP contribution >= 0.6 is 12.0 Å². The number of hydrogen-bond donors (Lipinski definition) is 3. The van der Waals surface area contributed by atoms with Gasteiger partial charge in [0.15, 0.2) is 0 Å². The number of aromatic hydroxyl groups is 1. The molecule has 3 rings (SSSR count). The number of phenolic OH excluding ortho intramolecular Hbond substituents is 1. The van der Waals surface area contributed by atoms with E-state index in [0.717, 1.165) is 17.6 Å². The minimum absolute atomic E-state index is 0.135. The molecule has 0 atom stereocenters. The summed E-state index contributed by atoms with van der Waals surface area (Å²) in [5, 5.41) is 31.4. The van der Waals surface area contributed by atoms with Crippen LogP contribution in [0.15, 0.2) is 74.6 Å². The van der Waals surface area contributed by atoms with Crippen LogP contribution in [0.5, 0.6) is 5.75 Å². The molecule has 3 aromatic carbocycles. The minimum atomic E-state index is -4.36. The molecule has 30 heavy (non-hydrogen) atoms. The van der Waals surface area contributed by atoms with Gasteiger partial charge in [-0.3, -0.25) is 4.55 Å². The Labute approximate surface area is 176 Å². The van der Waals surface area contributed by atoms with Gasteiger partial charge in [-0.1, -0.05) is 35.4 Å². The number of phenols is 1. The van der Waals surface area contributed by atoms with Gasteiger partial charge in [0, 0.05) is 10.3 Å². The van der Waals surface area contributed by atoms with Gasteiger partial charge >= 0.3 is 0 Å². The molecule has 0 spiro atoms. The molecule has 3 N–H and O–H groups in total. The van der Waals surface area contributed by atoms with Gasteiger partial charge in [0.25, 0.3) is 10.1 Å². The summed E-state index contributed by atoms with van der Waals surface area (Å²) in [4.78, 5) is 0.328. The van der Waals surface area contributed by atoms with E-state index in [0.29, 0.717) is 21.4 Å². The van der Waals surface area contributed by atoms with Crippen molar-refractivity contribution in [3.05, 3.63) is 60.2 Å². The summed E-state index contributed by atoms with van der Waals surface area (Å²) in [6.45, 7) is 1.85. The van der Waals surface area contributed by atoms with Crippen molar-refractivity contribution in [3.63, 3.8) is 0 Å². The Hall–Kier alpha value is -2.80. The van der Waals surface area contributed by atoms with Crippen molar-refractivity contribution in [3.8, 4) is 5.75 Å². The molecule has 0 saturated heterocycles. The first-order valence-corrected chi connectivity index (χ1v) is 10.6. The topological polar surface area (TPSA) is 138 Å². The van der Waals surface area contributed by atoms with E-state index >= 15 is 0 Å². The molecule has 9 nitrogen and oxygen atoms in total. The summed E-state index contributed by atoms with van der Waals surface area (Å²) in [6, 6.07) is 11.9. The number of hydrogen-bond acceptors (Lipinski definition) is 9. The Kier molecular flexibility index (Phi) is 6.82. The molecule has 0 fully saturated rings. The van der Waals surface area contributed by atoms with E-state index in [1.165, 1.54) is 30.3 Å². The third-order valence-corrected chi connectivity index (χ3v) is 5.51. The second-order valence-electron chi connectivity index (χ2n) is 5.94. The van der Waals surface area contributed by atoms with E-state index in [1.54, 1.807) is 18.2 Å². The zero-order chi connectivity index (χ0) is 21.7. The number of azo groups is 1. The zero-order valence-corrected chi connectivity index (χ0v) is 17.1. The number of benzene rings is 3. The highest BCUT2D eigenvalue weighted by atomic mass is 32.2. The van der Waals surface area contributed by atoms with E-state index in [2.05, 4.69) is 19.6 Å². The fraction of sp³-hybridized carbons (Fsp3) is 0.0526. The van der Waals surface area contributed by atoms with Crippen LogP contribution in [0.4, 0.5) is 11.4 Å². The van der Waals surface area contributed by atoms with E-state index < -0.39 is 10.1 Å². The summed E-state index contributed by atoms with van der Waals surface area (Å²) < 4.78 is 36.4. The molecule has 0 aliphatic carbocycles. The molecular formula is C19H16N2O7S2. The first-order chi connectivity index (χ1) is 14.3. The van der Waals surface area contributed by atoms with Crippen molar-refractivity contribution >= 4 is 50.4 Å². The SMILES string of the molecule is CC=Cc1ccc(N=Nc2c(O)ccc3cc(S(=O)(=O)O)ccc23)cc1SOOO. The van der Waals surface area contributed by atoms with Crippen LogP contribution in [0.1, 0.15) is 12.5 Å². The third kappa shape index (κ3) is 5.02. The van der Waals surface area contributed by atoms with Gasteiger partial charge in [-0.2, -0.15) is 13.5 Å². The first kappa shape index (κ1) is 21.9. The molecule has 0 aromatic heterocycles. The molecule has 0 aliphatic rings. The molecule has 0 heterocycles. The Morgan fingerprint density at radius 3 is 2.57 bits per heavy atom. The maximum absolute atomic E-state index is 11.3. The zero-order valence-electron chi connectivity index (χ0n) is 15.5. The van der Waals surface area contributed by atoms with Gasteiger partial charge in [-0.15, -0.1) is 9.45 Å². The Morgan fingerprint density at radius 1 is 1.07 bits per heavy atom. The molecule has 0 amide bonds. The van der Waals surface area contributed by atoms with Crippen molar-refractivity contribution in [2.24, 2.45) is 10.2 Å². The predicted octanol–water partition coefficient (Wildman–Crippen LogP) is 5.67. The lowest BCUT2D eigenvalue weighted by atomic mass is 10.1. The van der Waals surface area contributed by atoms with Crippen LogP contribution in [-0.4, -0.2) is 23.3 Å². The van der Waals surface area contributed by atoms with Crippen molar-refractivity contribution in [2.75, 3.05) is 0 Å². The normalized spacial score (nSPS) is 12.4. The molecule has 156 valence electrons. The molecule has 0 saturated carbocycles. The van der Waals surface area contributed by atoms with Crippen molar-refractivity contribution in [2.45, 2.75) is 16.7 Å². The van der Waals surface area contributed by atoms with E-state index in [4.69, 9.17) is 5.26 Å². The quantitative estimate of drug-likeness (QED) is 0.138. The van der Waals surface area contributed by atoms with Crippen LogP contribution in [0, 0.1) is 0 Å². The van der Waals surface area contributed by atoms with Crippen LogP contribution in [-0.2, 0) is 19.5 Å². The molecule has 0 unspecified atom stereocenters. The van der Waals surface area contributed by atoms with Gasteiger partial charge in [0.05, 0.1) is 22.6 Å². The Balaban J connectivity index is 2.02. The summed E-state index contributed by atoms with van der Waals surface area (Å²) in [6.07, 6.45) is 3.66. The second-order valence-corrected chi connectivity index (χ2v) is 8.10. The Morgan fingerprint density at radius 2 is 1.87 bits per heavy atom. The van der Waals surface area contributed by atoms with Crippen LogP contribution in [0.3, 0.4) is 0 Å². The van der Waals surface area contributed by atoms with Crippen molar-refractivity contribution < 1.29 is 32.7 Å². The number of rotatable bonds is 7. The standard InChI is InChI=1S/C19H16N2O7S2/c1-2-3-12-4-6-14(11-18(12)29-28-27-23)20-21-19-16-8-7-15(30(24,25)26)10-13(16)5-9-17(19)22/h2-11,22-23H,1H3,(H,24,25,26). The highest BCUT2D eigenvalue weighted by Crippen LogP contribution is 2.37. The maximum Gasteiger partial charge on any atom is 0.294 e. The lowest BCUT2D eigenvalue weighted by Crippen LogP contribution is -1.97. The second kappa shape index (κ2) is 9.34. The molecule has 0 radical (unpaired) electrons.